The third-order valence-corrected chi connectivity index (χ3v) is 3.44. The van der Waals surface area contributed by atoms with Gasteiger partial charge in [0.1, 0.15) is 0 Å². The third-order valence-electron chi connectivity index (χ3n) is 3.44. The lowest BCUT2D eigenvalue weighted by atomic mass is 9.93. The number of hydrogen-bond donors (Lipinski definition) is 1. The van der Waals surface area contributed by atoms with Crippen LogP contribution in [0, 0.1) is 5.92 Å². The highest BCUT2D eigenvalue weighted by atomic mass is 19.4. The van der Waals surface area contributed by atoms with Gasteiger partial charge in [-0.05, 0) is 32.2 Å². The largest absolute Gasteiger partial charge is 0.484 e. The summed E-state index contributed by atoms with van der Waals surface area (Å²) in [6.07, 6.45) is -0.968. The molecule has 2 aliphatic rings. The molecule has 2 aliphatic heterocycles. The van der Waals surface area contributed by atoms with Gasteiger partial charge in [-0.15, -0.1) is 0 Å². The lowest BCUT2D eigenvalue weighted by Crippen LogP contribution is -2.48. The van der Waals surface area contributed by atoms with Crippen LogP contribution in [0.5, 0.6) is 0 Å². The average Bonchev–Trinajstić information content (AvgIpc) is 2.61. The van der Waals surface area contributed by atoms with Crippen molar-refractivity contribution in [2.75, 3.05) is 13.1 Å². The summed E-state index contributed by atoms with van der Waals surface area (Å²) in [6, 6.07) is 0.495. The molecule has 6 heteroatoms. The van der Waals surface area contributed by atoms with Gasteiger partial charge in [-0.2, -0.15) is 13.2 Å². The van der Waals surface area contributed by atoms with Gasteiger partial charge in [0.15, 0.2) is 0 Å². The Kier molecular flexibility index (Phi) is 3.10. The molecule has 1 amide bonds. The number of nitrogens with one attached hydrogen (secondary N) is 1. The minimum absolute atomic E-state index is 0.479. The number of nitrogens with zero attached hydrogens (tertiary/aromatic N) is 1. The Morgan fingerprint density at radius 1 is 1.25 bits per heavy atom. The van der Waals surface area contributed by atoms with Crippen LogP contribution in [-0.2, 0) is 4.79 Å². The third kappa shape index (κ3) is 2.66. The van der Waals surface area contributed by atoms with E-state index in [1.54, 1.807) is 0 Å². The standard InChI is InChI=1S/C10H15F3N2O/c11-10(12,13)14-9(16)7-3-4-8-2-1-5-15(8)6-7/h7-8H,1-6H2,(H,14,16). The second kappa shape index (κ2) is 4.24. The zero-order chi connectivity index (χ0) is 11.8. The number of piperidine rings is 1. The first-order valence-electron chi connectivity index (χ1n) is 5.58. The molecule has 0 aromatic heterocycles. The predicted molar refractivity (Wildman–Crippen MR) is 51.5 cm³/mol. The molecule has 3 nitrogen and oxygen atoms in total. The summed E-state index contributed by atoms with van der Waals surface area (Å²) in [5.41, 5.74) is 0. The molecule has 0 spiro atoms. The summed E-state index contributed by atoms with van der Waals surface area (Å²) < 4.78 is 36.0. The minimum Gasteiger partial charge on any atom is -0.300 e. The molecule has 2 rings (SSSR count). The lowest BCUT2D eigenvalue weighted by Gasteiger charge is -2.34. The van der Waals surface area contributed by atoms with Crippen molar-refractivity contribution in [3.05, 3.63) is 0 Å². The maximum atomic E-state index is 12.0. The Morgan fingerprint density at radius 3 is 2.69 bits per heavy atom. The van der Waals surface area contributed by atoms with Gasteiger partial charge in [-0.3, -0.25) is 15.0 Å². The van der Waals surface area contributed by atoms with Crippen LogP contribution >= 0.6 is 0 Å². The Bertz CT molecular complexity index is 280. The topological polar surface area (TPSA) is 32.3 Å². The van der Waals surface area contributed by atoms with Crippen molar-refractivity contribution in [1.29, 1.82) is 0 Å². The quantitative estimate of drug-likeness (QED) is 0.700. The van der Waals surface area contributed by atoms with E-state index in [9.17, 15) is 18.0 Å². The van der Waals surface area contributed by atoms with Crippen LogP contribution in [0.1, 0.15) is 25.7 Å². The molecular weight excluding hydrogens is 221 g/mol. The van der Waals surface area contributed by atoms with Gasteiger partial charge in [0.25, 0.3) is 0 Å². The van der Waals surface area contributed by atoms with Crippen molar-refractivity contribution in [3.8, 4) is 0 Å². The van der Waals surface area contributed by atoms with Gasteiger partial charge in [0.2, 0.25) is 5.91 Å². The van der Waals surface area contributed by atoms with Crippen LogP contribution < -0.4 is 5.32 Å². The van der Waals surface area contributed by atoms with Crippen molar-refractivity contribution in [2.24, 2.45) is 5.92 Å². The Morgan fingerprint density at radius 2 is 2.00 bits per heavy atom. The van der Waals surface area contributed by atoms with Crippen LogP contribution in [-0.4, -0.2) is 36.2 Å². The summed E-state index contributed by atoms with van der Waals surface area (Å²) in [4.78, 5) is 13.5. The second-order valence-electron chi connectivity index (χ2n) is 4.55. The zero-order valence-electron chi connectivity index (χ0n) is 8.89. The lowest BCUT2D eigenvalue weighted by molar-refractivity contribution is -0.173. The van der Waals surface area contributed by atoms with Crippen molar-refractivity contribution >= 4 is 5.91 Å². The van der Waals surface area contributed by atoms with Gasteiger partial charge in [-0.25, -0.2) is 0 Å². The maximum absolute atomic E-state index is 12.0. The Balaban J connectivity index is 1.89. The zero-order valence-corrected chi connectivity index (χ0v) is 8.89. The highest BCUT2D eigenvalue weighted by Gasteiger charge is 2.38. The number of halogens is 3. The van der Waals surface area contributed by atoms with Crippen LogP contribution in [0.25, 0.3) is 0 Å². The number of hydrogen-bond acceptors (Lipinski definition) is 2. The highest BCUT2D eigenvalue weighted by molar-refractivity contribution is 5.79. The van der Waals surface area contributed by atoms with E-state index in [4.69, 9.17) is 0 Å². The van der Waals surface area contributed by atoms with Crippen molar-refractivity contribution in [3.63, 3.8) is 0 Å². The summed E-state index contributed by atoms with van der Waals surface area (Å²) in [7, 11) is 0. The van der Waals surface area contributed by atoms with E-state index in [0.29, 0.717) is 19.0 Å². The molecule has 0 saturated carbocycles. The van der Waals surface area contributed by atoms with Gasteiger partial charge < -0.3 is 0 Å². The first kappa shape index (κ1) is 11.7. The fourth-order valence-corrected chi connectivity index (χ4v) is 2.69. The number of amides is 1. The van der Waals surface area contributed by atoms with Crippen molar-refractivity contribution < 1.29 is 18.0 Å². The van der Waals surface area contributed by atoms with E-state index in [1.165, 1.54) is 0 Å². The molecular formula is C10H15F3N2O. The maximum Gasteiger partial charge on any atom is 0.484 e. The molecule has 2 heterocycles. The van der Waals surface area contributed by atoms with Crippen LogP contribution in [0.2, 0.25) is 0 Å². The molecule has 2 fully saturated rings. The normalized spacial score (nSPS) is 31.2. The smallest absolute Gasteiger partial charge is 0.300 e. The fourth-order valence-electron chi connectivity index (χ4n) is 2.69. The monoisotopic (exact) mass is 236 g/mol. The van der Waals surface area contributed by atoms with E-state index in [1.807, 2.05) is 0 Å². The second-order valence-corrected chi connectivity index (χ2v) is 4.55. The molecule has 2 atom stereocenters. The molecule has 0 aromatic carbocycles. The first-order chi connectivity index (χ1) is 7.46. The summed E-state index contributed by atoms with van der Waals surface area (Å²) in [6.45, 7) is 1.40. The van der Waals surface area contributed by atoms with E-state index in [-0.39, 0.29) is 0 Å². The average molecular weight is 236 g/mol. The molecule has 2 saturated heterocycles. The number of fused-ring (bicyclic) bond motifs is 1. The Hall–Kier alpha value is -0.780. The van der Waals surface area contributed by atoms with Crippen LogP contribution in [0.4, 0.5) is 13.2 Å². The predicted octanol–water partition coefficient (Wildman–Crippen LogP) is 1.50. The first-order valence-corrected chi connectivity index (χ1v) is 5.58. The summed E-state index contributed by atoms with van der Waals surface area (Å²) in [5, 5.41) is 1.10. The Labute approximate surface area is 92.0 Å². The molecule has 0 aliphatic carbocycles. The number of alkyl halides is 3. The molecule has 0 bridgehead atoms. The SMILES string of the molecule is O=C(NC(F)(F)F)C1CCC2CCCN2C1. The summed E-state index contributed by atoms with van der Waals surface area (Å²) >= 11 is 0. The molecule has 16 heavy (non-hydrogen) atoms. The molecule has 2 unspecified atom stereocenters. The van der Waals surface area contributed by atoms with Gasteiger partial charge in [0.05, 0.1) is 5.92 Å². The fraction of sp³-hybridized carbons (Fsp3) is 0.900. The summed E-state index contributed by atoms with van der Waals surface area (Å²) in [5.74, 6) is -1.38. The van der Waals surface area contributed by atoms with Crippen LogP contribution in [0.15, 0.2) is 0 Å². The van der Waals surface area contributed by atoms with Gasteiger partial charge >= 0.3 is 6.30 Å². The minimum atomic E-state index is -4.60. The number of carbonyl (C=O) groups excluding carboxylic acids is 1. The van der Waals surface area contributed by atoms with E-state index in [2.05, 4.69) is 4.90 Å². The van der Waals surface area contributed by atoms with E-state index >= 15 is 0 Å². The van der Waals surface area contributed by atoms with E-state index in [0.717, 1.165) is 31.1 Å². The molecule has 0 aromatic rings. The van der Waals surface area contributed by atoms with E-state index < -0.39 is 18.1 Å². The van der Waals surface area contributed by atoms with Gasteiger partial charge in [0, 0.05) is 12.6 Å². The highest BCUT2D eigenvalue weighted by Crippen LogP contribution is 2.30. The van der Waals surface area contributed by atoms with Gasteiger partial charge in [-0.1, -0.05) is 0 Å². The van der Waals surface area contributed by atoms with Crippen molar-refractivity contribution in [2.45, 2.75) is 38.0 Å². The molecule has 92 valence electrons. The molecule has 1 N–H and O–H groups in total. The molecule has 0 radical (unpaired) electrons. The number of carbonyl (C=O) groups is 1. The van der Waals surface area contributed by atoms with Crippen molar-refractivity contribution in [1.82, 2.24) is 10.2 Å². The van der Waals surface area contributed by atoms with Crippen LogP contribution in [0.3, 0.4) is 0 Å². The number of rotatable bonds is 1.